The molecule has 1 amide bonds. The molecule has 116 valence electrons. The third-order valence-corrected chi connectivity index (χ3v) is 4.21. The molecule has 4 heteroatoms. The predicted octanol–water partition coefficient (Wildman–Crippen LogP) is 3.15. The maximum atomic E-state index is 12.2. The van der Waals surface area contributed by atoms with Crippen molar-refractivity contribution in [3.8, 4) is 0 Å². The first kappa shape index (κ1) is 17.0. The SMILES string of the molecule is CCC(=O)N(CC(C)C(=O)OC)C1CCCCCCC1. The maximum absolute atomic E-state index is 12.2. The Kier molecular flexibility index (Phi) is 7.63. The number of amides is 1. The summed E-state index contributed by atoms with van der Waals surface area (Å²) in [6.45, 7) is 4.22. The molecule has 0 heterocycles. The number of carbonyl (C=O) groups is 2. The Bertz CT molecular complexity index is 309. The summed E-state index contributed by atoms with van der Waals surface area (Å²) in [5.74, 6) is -0.322. The summed E-state index contributed by atoms with van der Waals surface area (Å²) in [6, 6.07) is 0.301. The highest BCUT2D eigenvalue weighted by Gasteiger charge is 2.27. The largest absolute Gasteiger partial charge is 0.469 e. The first-order valence-corrected chi connectivity index (χ1v) is 7.97. The summed E-state index contributed by atoms with van der Waals surface area (Å²) >= 11 is 0. The minimum absolute atomic E-state index is 0.159. The van der Waals surface area contributed by atoms with Crippen LogP contribution in [0, 0.1) is 5.92 Å². The highest BCUT2D eigenvalue weighted by molar-refractivity contribution is 5.78. The summed E-state index contributed by atoms with van der Waals surface area (Å²) < 4.78 is 4.78. The van der Waals surface area contributed by atoms with Gasteiger partial charge in [-0.2, -0.15) is 0 Å². The van der Waals surface area contributed by atoms with Crippen LogP contribution >= 0.6 is 0 Å². The van der Waals surface area contributed by atoms with E-state index in [4.69, 9.17) is 4.74 Å². The molecule has 4 nitrogen and oxygen atoms in total. The molecule has 1 atom stereocenters. The summed E-state index contributed by atoms with van der Waals surface area (Å²) in [7, 11) is 1.40. The molecule has 0 aromatic carbocycles. The lowest BCUT2D eigenvalue weighted by molar-refractivity contribution is -0.147. The zero-order valence-electron chi connectivity index (χ0n) is 13.2. The van der Waals surface area contributed by atoms with Crippen molar-refractivity contribution < 1.29 is 14.3 Å². The Labute approximate surface area is 122 Å². The number of rotatable bonds is 5. The van der Waals surface area contributed by atoms with Gasteiger partial charge in [-0.15, -0.1) is 0 Å². The Morgan fingerprint density at radius 2 is 1.70 bits per heavy atom. The van der Waals surface area contributed by atoms with Crippen LogP contribution in [0.3, 0.4) is 0 Å². The lowest BCUT2D eigenvalue weighted by Gasteiger charge is -2.34. The molecular formula is C16H29NO3. The summed E-state index contributed by atoms with van der Waals surface area (Å²) in [6.07, 6.45) is 8.85. The second-order valence-corrected chi connectivity index (χ2v) is 5.82. The van der Waals surface area contributed by atoms with Gasteiger partial charge in [0, 0.05) is 19.0 Å². The molecule has 0 aromatic heterocycles. The van der Waals surface area contributed by atoms with Crippen LogP contribution in [-0.4, -0.2) is 36.5 Å². The molecule has 0 aromatic rings. The fraction of sp³-hybridized carbons (Fsp3) is 0.875. The zero-order chi connectivity index (χ0) is 15.0. The molecule has 0 radical (unpaired) electrons. The Morgan fingerprint density at radius 1 is 1.15 bits per heavy atom. The lowest BCUT2D eigenvalue weighted by atomic mass is 9.94. The van der Waals surface area contributed by atoms with Gasteiger partial charge in [0.15, 0.2) is 0 Å². The predicted molar refractivity (Wildman–Crippen MR) is 79.3 cm³/mol. The zero-order valence-corrected chi connectivity index (χ0v) is 13.2. The molecule has 1 saturated carbocycles. The number of hydrogen-bond acceptors (Lipinski definition) is 3. The van der Waals surface area contributed by atoms with Crippen LogP contribution in [0.15, 0.2) is 0 Å². The smallest absolute Gasteiger partial charge is 0.310 e. The van der Waals surface area contributed by atoms with Crippen molar-refractivity contribution in [3.05, 3.63) is 0 Å². The molecule has 1 fully saturated rings. The number of carbonyl (C=O) groups excluding carboxylic acids is 2. The normalized spacial score (nSPS) is 18.8. The average molecular weight is 283 g/mol. The van der Waals surface area contributed by atoms with Crippen LogP contribution in [0.5, 0.6) is 0 Å². The van der Waals surface area contributed by atoms with E-state index in [1.165, 1.54) is 39.2 Å². The number of esters is 1. The maximum Gasteiger partial charge on any atom is 0.310 e. The van der Waals surface area contributed by atoms with Crippen LogP contribution < -0.4 is 0 Å². The molecule has 0 spiro atoms. The Morgan fingerprint density at radius 3 is 2.20 bits per heavy atom. The van der Waals surface area contributed by atoms with E-state index in [-0.39, 0.29) is 17.8 Å². The first-order chi connectivity index (χ1) is 9.60. The molecular weight excluding hydrogens is 254 g/mol. The van der Waals surface area contributed by atoms with Gasteiger partial charge in [0.2, 0.25) is 5.91 Å². The monoisotopic (exact) mass is 283 g/mol. The van der Waals surface area contributed by atoms with Gasteiger partial charge in [-0.25, -0.2) is 0 Å². The van der Waals surface area contributed by atoms with Crippen LogP contribution in [0.25, 0.3) is 0 Å². The molecule has 1 rings (SSSR count). The summed E-state index contributed by atoms with van der Waals surface area (Å²) in [4.78, 5) is 25.8. The summed E-state index contributed by atoms with van der Waals surface area (Å²) in [5, 5.41) is 0. The van der Waals surface area contributed by atoms with Gasteiger partial charge in [-0.3, -0.25) is 9.59 Å². The molecule has 0 bridgehead atoms. The number of methoxy groups -OCH3 is 1. The molecule has 1 aliphatic rings. The van der Waals surface area contributed by atoms with Crippen LogP contribution in [0.2, 0.25) is 0 Å². The van der Waals surface area contributed by atoms with Crippen molar-refractivity contribution in [2.24, 2.45) is 5.92 Å². The van der Waals surface area contributed by atoms with Gasteiger partial charge in [0.05, 0.1) is 13.0 Å². The fourth-order valence-electron chi connectivity index (χ4n) is 2.97. The Balaban J connectivity index is 2.70. The highest BCUT2D eigenvalue weighted by Crippen LogP contribution is 2.23. The van der Waals surface area contributed by atoms with Crippen molar-refractivity contribution in [2.75, 3.05) is 13.7 Å². The van der Waals surface area contributed by atoms with Crippen molar-refractivity contribution >= 4 is 11.9 Å². The van der Waals surface area contributed by atoms with E-state index >= 15 is 0 Å². The summed E-state index contributed by atoms with van der Waals surface area (Å²) in [5.41, 5.74) is 0. The number of ether oxygens (including phenoxy) is 1. The fourth-order valence-corrected chi connectivity index (χ4v) is 2.97. The lowest BCUT2D eigenvalue weighted by Crippen LogP contribution is -2.44. The molecule has 0 saturated heterocycles. The molecule has 0 aliphatic heterocycles. The second kappa shape index (κ2) is 8.98. The van der Waals surface area contributed by atoms with Crippen LogP contribution in [0.4, 0.5) is 0 Å². The van der Waals surface area contributed by atoms with E-state index < -0.39 is 0 Å². The minimum Gasteiger partial charge on any atom is -0.469 e. The minimum atomic E-state index is -0.249. The van der Waals surface area contributed by atoms with Gasteiger partial charge in [-0.1, -0.05) is 46.0 Å². The van der Waals surface area contributed by atoms with Gasteiger partial charge in [0.1, 0.15) is 0 Å². The molecule has 1 unspecified atom stereocenters. The van der Waals surface area contributed by atoms with Crippen LogP contribution in [0.1, 0.15) is 65.2 Å². The van der Waals surface area contributed by atoms with E-state index in [0.717, 1.165) is 12.8 Å². The third kappa shape index (κ3) is 5.14. The Hall–Kier alpha value is -1.06. The molecule has 1 aliphatic carbocycles. The van der Waals surface area contributed by atoms with E-state index in [2.05, 4.69) is 0 Å². The van der Waals surface area contributed by atoms with Gasteiger partial charge >= 0.3 is 5.97 Å². The number of hydrogen-bond donors (Lipinski definition) is 0. The standard InChI is InChI=1S/C16H29NO3/c1-4-15(18)17(12-13(2)16(19)20-3)14-10-8-6-5-7-9-11-14/h13-14H,4-12H2,1-3H3. The van der Waals surface area contributed by atoms with Crippen molar-refractivity contribution in [1.82, 2.24) is 4.90 Å². The van der Waals surface area contributed by atoms with Gasteiger partial charge < -0.3 is 9.64 Å². The molecule has 0 N–H and O–H groups in total. The topological polar surface area (TPSA) is 46.6 Å². The third-order valence-electron chi connectivity index (χ3n) is 4.21. The van der Waals surface area contributed by atoms with E-state index in [9.17, 15) is 9.59 Å². The van der Waals surface area contributed by atoms with E-state index in [0.29, 0.717) is 19.0 Å². The molecule has 20 heavy (non-hydrogen) atoms. The quantitative estimate of drug-likeness (QED) is 0.728. The van der Waals surface area contributed by atoms with Gasteiger partial charge in [-0.05, 0) is 12.8 Å². The van der Waals surface area contributed by atoms with Crippen molar-refractivity contribution in [2.45, 2.75) is 71.3 Å². The highest BCUT2D eigenvalue weighted by atomic mass is 16.5. The average Bonchev–Trinajstić information content (AvgIpc) is 2.43. The van der Waals surface area contributed by atoms with E-state index in [1.54, 1.807) is 0 Å². The van der Waals surface area contributed by atoms with E-state index in [1.807, 2.05) is 18.7 Å². The van der Waals surface area contributed by atoms with Gasteiger partial charge in [0.25, 0.3) is 0 Å². The van der Waals surface area contributed by atoms with Crippen LogP contribution in [-0.2, 0) is 14.3 Å². The van der Waals surface area contributed by atoms with Crippen molar-refractivity contribution in [1.29, 1.82) is 0 Å². The second-order valence-electron chi connectivity index (χ2n) is 5.82. The van der Waals surface area contributed by atoms with Crippen molar-refractivity contribution in [3.63, 3.8) is 0 Å². The first-order valence-electron chi connectivity index (χ1n) is 7.97. The number of nitrogens with zero attached hydrogens (tertiary/aromatic N) is 1.